The zero-order chi connectivity index (χ0) is 14.0. The van der Waals surface area contributed by atoms with Gasteiger partial charge >= 0.3 is 5.69 Å². The van der Waals surface area contributed by atoms with Crippen LogP contribution < -0.4 is 5.73 Å². The summed E-state index contributed by atoms with van der Waals surface area (Å²) in [6, 6.07) is 5.74. The van der Waals surface area contributed by atoms with Crippen molar-refractivity contribution in [2.75, 3.05) is 5.73 Å². The highest BCUT2D eigenvalue weighted by Crippen LogP contribution is 2.23. The monoisotopic (exact) mass is 268 g/mol. The number of alkyl halides is 2. The second kappa shape index (κ2) is 5.01. The summed E-state index contributed by atoms with van der Waals surface area (Å²) in [6.07, 6.45) is -1.53. The van der Waals surface area contributed by atoms with Crippen molar-refractivity contribution in [1.29, 1.82) is 0 Å². The number of anilines is 1. The molecule has 0 unspecified atom stereocenters. The van der Waals surface area contributed by atoms with Crippen molar-refractivity contribution in [3.05, 3.63) is 51.7 Å². The van der Waals surface area contributed by atoms with Gasteiger partial charge in [-0.3, -0.25) is 10.1 Å². The molecule has 0 aliphatic rings. The highest BCUT2D eigenvalue weighted by Gasteiger charge is 2.17. The lowest BCUT2D eigenvalue weighted by Crippen LogP contribution is -2.07. The van der Waals surface area contributed by atoms with E-state index < -0.39 is 11.3 Å². The van der Waals surface area contributed by atoms with Gasteiger partial charge in [0.15, 0.2) is 0 Å². The Labute approximate surface area is 106 Å². The van der Waals surface area contributed by atoms with E-state index in [0.717, 1.165) is 6.20 Å². The van der Waals surface area contributed by atoms with Crippen LogP contribution in [0.25, 0.3) is 0 Å². The molecule has 0 saturated carbocycles. The third kappa shape index (κ3) is 2.67. The van der Waals surface area contributed by atoms with E-state index in [4.69, 9.17) is 5.73 Å². The van der Waals surface area contributed by atoms with Crippen molar-refractivity contribution in [2.24, 2.45) is 0 Å². The molecule has 1 heterocycles. The van der Waals surface area contributed by atoms with Crippen LogP contribution in [0.15, 0.2) is 30.5 Å². The standard InChI is InChI=1S/C11H10F2N4O2/c12-10(13)8-3-1-2-7(4-8)6-16-11(14)9(5-15-16)17(18)19/h1-5,10H,6,14H2. The Morgan fingerprint density at radius 2 is 2.21 bits per heavy atom. The van der Waals surface area contributed by atoms with Crippen molar-refractivity contribution in [3.8, 4) is 0 Å². The van der Waals surface area contributed by atoms with Crippen molar-refractivity contribution < 1.29 is 13.7 Å². The largest absolute Gasteiger partial charge is 0.378 e. The van der Waals surface area contributed by atoms with Gasteiger partial charge in [-0.1, -0.05) is 18.2 Å². The molecule has 0 atom stereocenters. The van der Waals surface area contributed by atoms with Gasteiger partial charge in [0.25, 0.3) is 6.43 Å². The minimum atomic E-state index is -2.57. The van der Waals surface area contributed by atoms with Gasteiger partial charge in [-0.15, -0.1) is 0 Å². The van der Waals surface area contributed by atoms with Crippen LogP contribution in [0.2, 0.25) is 0 Å². The van der Waals surface area contributed by atoms with Gasteiger partial charge in [0.1, 0.15) is 6.20 Å². The molecule has 0 fully saturated rings. The summed E-state index contributed by atoms with van der Waals surface area (Å²) in [5.74, 6) is -0.104. The van der Waals surface area contributed by atoms with Gasteiger partial charge in [-0.05, 0) is 11.6 Å². The first kappa shape index (κ1) is 12.9. The maximum Gasteiger partial charge on any atom is 0.330 e. The average molecular weight is 268 g/mol. The van der Waals surface area contributed by atoms with E-state index >= 15 is 0 Å². The molecule has 0 saturated heterocycles. The summed E-state index contributed by atoms with van der Waals surface area (Å²) in [7, 11) is 0. The molecule has 0 aliphatic heterocycles. The summed E-state index contributed by atoms with van der Waals surface area (Å²) in [6.45, 7) is 0.0975. The molecule has 0 radical (unpaired) electrons. The number of rotatable bonds is 4. The Hall–Kier alpha value is -2.51. The number of nitrogens with two attached hydrogens (primary N) is 1. The molecular weight excluding hydrogens is 258 g/mol. The molecule has 0 spiro atoms. The van der Waals surface area contributed by atoms with Crippen molar-refractivity contribution in [2.45, 2.75) is 13.0 Å². The van der Waals surface area contributed by atoms with Crippen molar-refractivity contribution in [3.63, 3.8) is 0 Å². The van der Waals surface area contributed by atoms with Gasteiger partial charge in [0, 0.05) is 5.56 Å². The Bertz CT molecular complexity index is 612. The molecule has 1 aromatic heterocycles. The predicted molar refractivity (Wildman–Crippen MR) is 63.8 cm³/mol. The van der Waals surface area contributed by atoms with Gasteiger partial charge in [0.2, 0.25) is 5.82 Å². The second-order valence-electron chi connectivity index (χ2n) is 3.88. The third-order valence-electron chi connectivity index (χ3n) is 2.59. The topological polar surface area (TPSA) is 87.0 Å². The molecule has 0 bridgehead atoms. The first-order chi connectivity index (χ1) is 8.99. The second-order valence-corrected chi connectivity index (χ2v) is 3.88. The molecule has 8 heteroatoms. The van der Waals surface area contributed by atoms with E-state index in [2.05, 4.69) is 5.10 Å². The molecule has 0 amide bonds. The lowest BCUT2D eigenvalue weighted by Gasteiger charge is -2.06. The van der Waals surface area contributed by atoms with Crippen molar-refractivity contribution >= 4 is 11.5 Å². The quantitative estimate of drug-likeness (QED) is 0.681. The zero-order valence-corrected chi connectivity index (χ0v) is 9.66. The van der Waals surface area contributed by atoms with Crippen LogP contribution in [0.1, 0.15) is 17.6 Å². The third-order valence-corrected chi connectivity index (χ3v) is 2.59. The van der Waals surface area contributed by atoms with Crippen LogP contribution in [0.4, 0.5) is 20.3 Å². The number of aromatic nitrogens is 2. The number of benzene rings is 1. The van der Waals surface area contributed by atoms with Crippen LogP contribution in [0.3, 0.4) is 0 Å². The smallest absolute Gasteiger partial charge is 0.330 e. The first-order valence-electron chi connectivity index (χ1n) is 5.31. The molecule has 2 rings (SSSR count). The Morgan fingerprint density at radius 3 is 2.79 bits per heavy atom. The Balaban J connectivity index is 2.26. The lowest BCUT2D eigenvalue weighted by atomic mass is 10.1. The first-order valence-corrected chi connectivity index (χ1v) is 5.31. The van der Waals surface area contributed by atoms with Gasteiger partial charge < -0.3 is 5.73 Å². The van der Waals surface area contributed by atoms with E-state index in [9.17, 15) is 18.9 Å². The highest BCUT2D eigenvalue weighted by molar-refractivity contribution is 5.51. The average Bonchev–Trinajstić information content (AvgIpc) is 2.71. The summed E-state index contributed by atoms with van der Waals surface area (Å²) < 4.78 is 26.3. The Kier molecular flexibility index (Phi) is 3.41. The maximum atomic E-state index is 12.5. The number of nitrogen functional groups attached to an aromatic ring is 1. The number of halogens is 2. The highest BCUT2D eigenvalue weighted by atomic mass is 19.3. The molecule has 2 aromatic rings. The maximum absolute atomic E-state index is 12.5. The number of nitrogens with zero attached hydrogens (tertiary/aromatic N) is 3. The fourth-order valence-corrected chi connectivity index (χ4v) is 1.65. The minimum absolute atomic E-state index is 0.0975. The molecule has 1 aromatic carbocycles. The van der Waals surface area contributed by atoms with E-state index in [-0.39, 0.29) is 23.6 Å². The molecule has 2 N–H and O–H groups in total. The van der Waals surface area contributed by atoms with Crippen molar-refractivity contribution in [1.82, 2.24) is 9.78 Å². The number of hydrogen-bond acceptors (Lipinski definition) is 4. The predicted octanol–water partition coefficient (Wildman–Crippen LogP) is 2.36. The fraction of sp³-hybridized carbons (Fsp3) is 0.182. The minimum Gasteiger partial charge on any atom is -0.378 e. The molecule has 100 valence electrons. The SMILES string of the molecule is Nc1c([N+](=O)[O-])cnn1Cc1cccc(C(F)F)c1. The summed E-state index contributed by atoms with van der Waals surface area (Å²) in [5, 5.41) is 14.4. The van der Waals surface area contributed by atoms with Crippen LogP contribution >= 0.6 is 0 Å². The number of hydrogen-bond donors (Lipinski definition) is 1. The normalized spacial score (nSPS) is 10.9. The fourth-order valence-electron chi connectivity index (χ4n) is 1.65. The van der Waals surface area contributed by atoms with E-state index in [1.165, 1.54) is 22.9 Å². The summed E-state index contributed by atoms with van der Waals surface area (Å²) in [5.41, 5.74) is 5.69. The molecular formula is C11H10F2N4O2. The van der Waals surface area contributed by atoms with Gasteiger partial charge in [0.05, 0.1) is 11.5 Å². The van der Waals surface area contributed by atoms with E-state index in [1.54, 1.807) is 6.07 Å². The van der Waals surface area contributed by atoms with Crippen LogP contribution in [-0.2, 0) is 6.54 Å². The van der Waals surface area contributed by atoms with Crippen LogP contribution in [0.5, 0.6) is 0 Å². The summed E-state index contributed by atoms with van der Waals surface area (Å²) in [4.78, 5) is 9.96. The van der Waals surface area contributed by atoms with Crippen LogP contribution in [0, 0.1) is 10.1 Å². The summed E-state index contributed by atoms with van der Waals surface area (Å²) >= 11 is 0. The van der Waals surface area contributed by atoms with E-state index in [0.29, 0.717) is 5.56 Å². The van der Waals surface area contributed by atoms with Crippen LogP contribution in [-0.4, -0.2) is 14.7 Å². The molecule has 0 aliphatic carbocycles. The zero-order valence-electron chi connectivity index (χ0n) is 9.66. The number of nitro groups is 1. The van der Waals surface area contributed by atoms with E-state index in [1.807, 2.05) is 0 Å². The molecule has 19 heavy (non-hydrogen) atoms. The molecule has 6 nitrogen and oxygen atoms in total. The Morgan fingerprint density at radius 1 is 1.47 bits per heavy atom. The van der Waals surface area contributed by atoms with Gasteiger partial charge in [-0.25, -0.2) is 13.5 Å². The van der Waals surface area contributed by atoms with Gasteiger partial charge in [-0.2, -0.15) is 5.10 Å². The lowest BCUT2D eigenvalue weighted by molar-refractivity contribution is -0.384.